The first kappa shape index (κ1) is 18.9. The fourth-order valence-corrected chi connectivity index (χ4v) is 5.77. The topological polar surface area (TPSA) is 43.4 Å². The van der Waals surface area contributed by atoms with Crippen molar-refractivity contribution in [1.29, 1.82) is 0 Å². The molecule has 4 nitrogen and oxygen atoms in total. The molecule has 1 unspecified atom stereocenters. The van der Waals surface area contributed by atoms with Crippen molar-refractivity contribution in [2.45, 2.75) is 62.5 Å². The molecule has 0 amide bonds. The van der Waals surface area contributed by atoms with Crippen LogP contribution < -0.4 is 10.1 Å². The van der Waals surface area contributed by atoms with E-state index in [9.17, 15) is 0 Å². The lowest BCUT2D eigenvalue weighted by atomic mass is 9.68. The van der Waals surface area contributed by atoms with Gasteiger partial charge in [0.1, 0.15) is 5.75 Å². The minimum absolute atomic E-state index is 0.0900. The van der Waals surface area contributed by atoms with Crippen molar-refractivity contribution in [2.75, 3.05) is 20.3 Å². The SMILES string of the molecule is COc1ccsc1CNCCC1(c2ccccn2)CCOC2(CCCC2)C1. The van der Waals surface area contributed by atoms with Crippen LogP contribution in [0.25, 0.3) is 0 Å². The van der Waals surface area contributed by atoms with Crippen LogP contribution in [0.5, 0.6) is 5.75 Å². The molecular weight excluding hydrogens is 356 g/mol. The number of hydrogen-bond donors (Lipinski definition) is 1. The number of nitrogens with zero attached hydrogens (tertiary/aromatic N) is 1. The standard InChI is InChI=1S/C22H30N2O2S/c1-25-18-7-15-27-19(18)16-23-13-10-21(20-6-2-5-12-24-20)11-14-26-22(17-21)8-3-4-9-22/h2,5-7,12,15,23H,3-4,8-11,13-14,16-17H2,1H3. The maximum atomic E-state index is 6.34. The van der Waals surface area contributed by atoms with Gasteiger partial charge in [-0.15, -0.1) is 11.3 Å². The average Bonchev–Trinajstić information content (AvgIpc) is 3.35. The van der Waals surface area contributed by atoms with Gasteiger partial charge in [-0.2, -0.15) is 0 Å². The fraction of sp³-hybridized carbons (Fsp3) is 0.591. The van der Waals surface area contributed by atoms with Gasteiger partial charge in [-0.3, -0.25) is 4.98 Å². The van der Waals surface area contributed by atoms with Crippen molar-refractivity contribution in [3.8, 4) is 5.75 Å². The highest BCUT2D eigenvalue weighted by Gasteiger charge is 2.48. The van der Waals surface area contributed by atoms with Gasteiger partial charge >= 0.3 is 0 Å². The Bertz CT molecular complexity index is 727. The van der Waals surface area contributed by atoms with Gasteiger partial charge in [-0.1, -0.05) is 18.9 Å². The largest absolute Gasteiger partial charge is 0.496 e. The van der Waals surface area contributed by atoms with Crippen LogP contribution in [0, 0.1) is 0 Å². The zero-order valence-corrected chi connectivity index (χ0v) is 17.0. The van der Waals surface area contributed by atoms with E-state index in [0.29, 0.717) is 0 Å². The number of thiophene rings is 1. The monoisotopic (exact) mass is 386 g/mol. The Morgan fingerprint density at radius 1 is 1.22 bits per heavy atom. The van der Waals surface area contributed by atoms with E-state index in [1.807, 2.05) is 18.3 Å². The molecule has 3 heterocycles. The Balaban J connectivity index is 1.46. The van der Waals surface area contributed by atoms with Crippen LogP contribution in [-0.4, -0.2) is 30.8 Å². The molecule has 1 saturated carbocycles. The number of methoxy groups -OCH3 is 1. The van der Waals surface area contributed by atoms with Crippen molar-refractivity contribution < 1.29 is 9.47 Å². The molecule has 0 bridgehead atoms. The first-order valence-corrected chi connectivity index (χ1v) is 11.0. The number of pyridine rings is 1. The second-order valence-electron chi connectivity index (χ2n) is 8.00. The van der Waals surface area contributed by atoms with Crippen LogP contribution in [0.1, 0.15) is 55.5 Å². The van der Waals surface area contributed by atoms with Crippen molar-refractivity contribution in [2.24, 2.45) is 0 Å². The Morgan fingerprint density at radius 3 is 2.89 bits per heavy atom. The van der Waals surface area contributed by atoms with Crippen molar-refractivity contribution in [3.05, 3.63) is 46.4 Å². The van der Waals surface area contributed by atoms with E-state index >= 15 is 0 Å². The molecule has 2 aromatic heterocycles. The Morgan fingerprint density at radius 2 is 2.11 bits per heavy atom. The lowest BCUT2D eigenvalue weighted by molar-refractivity contribution is -0.104. The summed E-state index contributed by atoms with van der Waals surface area (Å²) in [6.07, 6.45) is 10.2. The molecule has 2 fully saturated rings. The normalized spacial score (nSPS) is 24.3. The maximum absolute atomic E-state index is 6.34. The molecule has 1 N–H and O–H groups in total. The Hall–Kier alpha value is -1.43. The molecule has 0 radical (unpaired) electrons. The molecule has 1 atom stereocenters. The molecule has 27 heavy (non-hydrogen) atoms. The summed E-state index contributed by atoms with van der Waals surface area (Å²) < 4.78 is 11.8. The fourth-order valence-electron chi connectivity index (χ4n) is 4.97. The number of rotatable bonds is 7. The summed E-state index contributed by atoms with van der Waals surface area (Å²) in [4.78, 5) is 6.05. The minimum Gasteiger partial charge on any atom is -0.496 e. The molecule has 5 heteroatoms. The summed E-state index contributed by atoms with van der Waals surface area (Å²) in [7, 11) is 1.74. The van der Waals surface area contributed by atoms with Gasteiger partial charge in [-0.05, 0) is 62.2 Å². The third-order valence-corrected chi connectivity index (χ3v) is 7.26. The van der Waals surface area contributed by atoms with Crippen LogP contribution >= 0.6 is 11.3 Å². The number of hydrogen-bond acceptors (Lipinski definition) is 5. The van der Waals surface area contributed by atoms with Crippen molar-refractivity contribution >= 4 is 11.3 Å². The van der Waals surface area contributed by atoms with Crippen LogP contribution in [-0.2, 0) is 16.7 Å². The van der Waals surface area contributed by atoms with Gasteiger partial charge in [-0.25, -0.2) is 0 Å². The molecule has 1 aliphatic heterocycles. The molecule has 4 rings (SSSR count). The zero-order valence-electron chi connectivity index (χ0n) is 16.2. The quantitative estimate of drug-likeness (QED) is 0.701. The summed E-state index contributed by atoms with van der Waals surface area (Å²) in [6, 6.07) is 8.41. The van der Waals surface area contributed by atoms with Gasteiger partial charge in [0.25, 0.3) is 0 Å². The molecule has 1 saturated heterocycles. The Labute approximate surface area is 166 Å². The lowest BCUT2D eigenvalue weighted by Gasteiger charge is -2.46. The highest BCUT2D eigenvalue weighted by molar-refractivity contribution is 7.10. The lowest BCUT2D eigenvalue weighted by Crippen LogP contribution is -2.47. The smallest absolute Gasteiger partial charge is 0.134 e. The molecule has 146 valence electrons. The first-order valence-electron chi connectivity index (χ1n) is 10.1. The molecule has 2 aromatic rings. The van der Waals surface area contributed by atoms with E-state index in [4.69, 9.17) is 14.5 Å². The third-order valence-electron chi connectivity index (χ3n) is 6.36. The minimum atomic E-state index is 0.0900. The van der Waals surface area contributed by atoms with Gasteiger partial charge in [0.15, 0.2) is 0 Å². The van der Waals surface area contributed by atoms with E-state index in [2.05, 4.69) is 22.8 Å². The van der Waals surface area contributed by atoms with Gasteiger partial charge < -0.3 is 14.8 Å². The van der Waals surface area contributed by atoms with Crippen molar-refractivity contribution in [1.82, 2.24) is 10.3 Å². The van der Waals surface area contributed by atoms with E-state index in [0.717, 1.165) is 44.7 Å². The van der Waals surface area contributed by atoms with Crippen LogP contribution in [0.3, 0.4) is 0 Å². The van der Waals surface area contributed by atoms with Crippen molar-refractivity contribution in [3.63, 3.8) is 0 Å². The molecule has 1 spiro atoms. The first-order chi connectivity index (χ1) is 13.3. The highest BCUT2D eigenvalue weighted by Crippen LogP contribution is 2.49. The van der Waals surface area contributed by atoms with E-state index in [1.165, 1.54) is 36.3 Å². The van der Waals surface area contributed by atoms with Gasteiger partial charge in [0, 0.05) is 30.5 Å². The molecular formula is C22H30N2O2S. The van der Waals surface area contributed by atoms with E-state index in [-0.39, 0.29) is 11.0 Å². The van der Waals surface area contributed by atoms with Crippen LogP contribution in [0.2, 0.25) is 0 Å². The van der Waals surface area contributed by atoms with Crippen LogP contribution in [0.4, 0.5) is 0 Å². The average molecular weight is 387 g/mol. The molecule has 1 aliphatic carbocycles. The Kier molecular flexibility index (Phi) is 5.81. The summed E-state index contributed by atoms with van der Waals surface area (Å²) in [6.45, 7) is 2.70. The summed E-state index contributed by atoms with van der Waals surface area (Å²) in [5.74, 6) is 0.989. The predicted octanol–water partition coefficient (Wildman–Crippen LogP) is 4.69. The van der Waals surface area contributed by atoms with Crippen LogP contribution in [0.15, 0.2) is 35.8 Å². The van der Waals surface area contributed by atoms with E-state index < -0.39 is 0 Å². The predicted molar refractivity (Wildman–Crippen MR) is 109 cm³/mol. The second kappa shape index (κ2) is 8.29. The summed E-state index contributed by atoms with van der Waals surface area (Å²) in [5, 5.41) is 5.74. The molecule has 0 aromatic carbocycles. The number of aromatic nitrogens is 1. The maximum Gasteiger partial charge on any atom is 0.134 e. The number of nitrogens with one attached hydrogen (secondary N) is 1. The van der Waals surface area contributed by atoms with E-state index in [1.54, 1.807) is 18.4 Å². The summed E-state index contributed by atoms with van der Waals surface area (Å²) in [5.41, 5.74) is 1.46. The highest BCUT2D eigenvalue weighted by atomic mass is 32.1. The summed E-state index contributed by atoms with van der Waals surface area (Å²) >= 11 is 1.75. The van der Waals surface area contributed by atoms with Gasteiger partial charge in [0.2, 0.25) is 0 Å². The zero-order chi connectivity index (χ0) is 18.6. The van der Waals surface area contributed by atoms with Gasteiger partial charge in [0.05, 0.1) is 17.6 Å². The second-order valence-corrected chi connectivity index (χ2v) is 9.00. The number of ether oxygens (including phenoxy) is 2. The third kappa shape index (κ3) is 4.05. The molecule has 2 aliphatic rings.